The van der Waals surface area contributed by atoms with Crippen molar-refractivity contribution >= 4 is 11.8 Å². The van der Waals surface area contributed by atoms with Gasteiger partial charge in [0, 0.05) is 37.3 Å². The molecule has 29 heavy (non-hydrogen) atoms. The molecule has 1 aliphatic heterocycles. The van der Waals surface area contributed by atoms with Crippen molar-refractivity contribution in [2.24, 2.45) is 0 Å². The summed E-state index contributed by atoms with van der Waals surface area (Å²) in [7, 11) is 0. The van der Waals surface area contributed by atoms with Gasteiger partial charge in [0.05, 0.1) is 0 Å². The van der Waals surface area contributed by atoms with Crippen LogP contribution in [0.15, 0.2) is 78.9 Å². The maximum absolute atomic E-state index is 13.0. The summed E-state index contributed by atoms with van der Waals surface area (Å²) in [5, 5.41) is 0. The van der Waals surface area contributed by atoms with Crippen molar-refractivity contribution in [2.75, 3.05) is 26.2 Å². The minimum atomic E-state index is -0.366. The topological polar surface area (TPSA) is 40.6 Å². The standard InChI is InChI=1S/C24H21FN2O2/c25-22-12-10-21(11-13-22)24(29)27-16-14-26(15-17-27)23(28)20-8-6-19(7-9-20)18-4-2-1-3-5-18/h1-13H,14-17H2. The SMILES string of the molecule is O=C(c1ccc(F)cc1)N1CCN(C(=O)c2ccc(-c3ccccc3)cc2)CC1. The molecule has 4 rings (SSSR count). The third-order valence-electron chi connectivity index (χ3n) is 5.18. The van der Waals surface area contributed by atoms with Gasteiger partial charge in [-0.25, -0.2) is 4.39 Å². The molecule has 4 nitrogen and oxygen atoms in total. The van der Waals surface area contributed by atoms with Crippen molar-refractivity contribution in [1.82, 2.24) is 9.80 Å². The quantitative estimate of drug-likeness (QED) is 0.678. The molecule has 3 aromatic carbocycles. The van der Waals surface area contributed by atoms with Gasteiger partial charge in [0.1, 0.15) is 5.82 Å². The van der Waals surface area contributed by atoms with E-state index in [2.05, 4.69) is 0 Å². The fraction of sp³-hybridized carbons (Fsp3) is 0.167. The molecule has 0 saturated carbocycles. The first-order chi connectivity index (χ1) is 14.1. The highest BCUT2D eigenvalue weighted by atomic mass is 19.1. The summed E-state index contributed by atoms with van der Waals surface area (Å²) in [6, 6.07) is 23.2. The Bertz CT molecular complexity index is 993. The monoisotopic (exact) mass is 388 g/mol. The van der Waals surface area contributed by atoms with Gasteiger partial charge in [0.25, 0.3) is 11.8 Å². The Morgan fingerprint density at radius 2 is 1.00 bits per heavy atom. The molecule has 0 radical (unpaired) electrons. The lowest BCUT2D eigenvalue weighted by molar-refractivity contribution is 0.0535. The number of hydrogen-bond donors (Lipinski definition) is 0. The Balaban J connectivity index is 1.37. The van der Waals surface area contributed by atoms with Crippen LogP contribution in [-0.2, 0) is 0 Å². The molecule has 2 amide bonds. The van der Waals surface area contributed by atoms with Crippen LogP contribution in [0.1, 0.15) is 20.7 Å². The van der Waals surface area contributed by atoms with Crippen LogP contribution in [0, 0.1) is 5.82 Å². The van der Waals surface area contributed by atoms with Crippen LogP contribution in [0.5, 0.6) is 0 Å². The normalized spacial score (nSPS) is 14.0. The molecule has 0 aliphatic carbocycles. The van der Waals surface area contributed by atoms with Crippen molar-refractivity contribution in [3.63, 3.8) is 0 Å². The summed E-state index contributed by atoms with van der Waals surface area (Å²) < 4.78 is 13.0. The van der Waals surface area contributed by atoms with Crippen LogP contribution in [0.4, 0.5) is 4.39 Å². The number of rotatable bonds is 3. The number of carbonyl (C=O) groups is 2. The molecular formula is C24H21FN2O2. The van der Waals surface area contributed by atoms with Gasteiger partial charge >= 0.3 is 0 Å². The van der Waals surface area contributed by atoms with E-state index in [4.69, 9.17) is 0 Å². The Morgan fingerprint density at radius 3 is 1.48 bits per heavy atom. The van der Waals surface area contributed by atoms with Gasteiger partial charge in [-0.15, -0.1) is 0 Å². The lowest BCUT2D eigenvalue weighted by Crippen LogP contribution is -2.50. The van der Waals surface area contributed by atoms with E-state index in [0.717, 1.165) is 11.1 Å². The fourth-order valence-electron chi connectivity index (χ4n) is 3.51. The maximum Gasteiger partial charge on any atom is 0.253 e. The van der Waals surface area contributed by atoms with Crippen molar-refractivity contribution in [3.8, 4) is 11.1 Å². The fourth-order valence-corrected chi connectivity index (χ4v) is 3.51. The average Bonchev–Trinajstić information content (AvgIpc) is 2.79. The second-order valence-electron chi connectivity index (χ2n) is 7.03. The van der Waals surface area contributed by atoms with Crippen molar-refractivity contribution in [1.29, 1.82) is 0 Å². The van der Waals surface area contributed by atoms with Gasteiger partial charge in [-0.05, 0) is 47.5 Å². The van der Waals surface area contributed by atoms with Gasteiger partial charge < -0.3 is 9.80 Å². The summed E-state index contributed by atoms with van der Waals surface area (Å²) >= 11 is 0. The molecule has 146 valence electrons. The first-order valence-electron chi connectivity index (χ1n) is 9.61. The number of benzene rings is 3. The molecule has 0 unspecified atom stereocenters. The van der Waals surface area contributed by atoms with Crippen LogP contribution in [-0.4, -0.2) is 47.8 Å². The Kier molecular flexibility index (Phi) is 5.38. The van der Waals surface area contributed by atoms with Crippen molar-refractivity contribution in [3.05, 3.63) is 95.8 Å². The Morgan fingerprint density at radius 1 is 0.586 bits per heavy atom. The number of hydrogen-bond acceptors (Lipinski definition) is 2. The van der Waals surface area contributed by atoms with Crippen LogP contribution < -0.4 is 0 Å². The number of amides is 2. The molecule has 0 atom stereocenters. The third-order valence-corrected chi connectivity index (χ3v) is 5.18. The second-order valence-corrected chi connectivity index (χ2v) is 7.03. The zero-order chi connectivity index (χ0) is 20.2. The van der Waals surface area contributed by atoms with Gasteiger partial charge in [-0.2, -0.15) is 0 Å². The largest absolute Gasteiger partial charge is 0.335 e. The number of halogens is 1. The molecule has 3 aromatic rings. The molecule has 5 heteroatoms. The predicted molar refractivity (Wildman–Crippen MR) is 110 cm³/mol. The Hall–Kier alpha value is -3.47. The summed E-state index contributed by atoms with van der Waals surface area (Å²) in [5.74, 6) is -0.530. The molecule has 0 N–H and O–H groups in total. The van der Waals surface area contributed by atoms with Crippen molar-refractivity contribution < 1.29 is 14.0 Å². The summed E-state index contributed by atoms with van der Waals surface area (Å²) in [4.78, 5) is 28.8. The molecular weight excluding hydrogens is 367 g/mol. The first kappa shape index (κ1) is 18.9. The third kappa shape index (κ3) is 4.19. The lowest BCUT2D eigenvalue weighted by atomic mass is 10.0. The predicted octanol–water partition coefficient (Wildman–Crippen LogP) is 4.09. The van der Waals surface area contributed by atoms with Crippen LogP contribution in [0.3, 0.4) is 0 Å². The van der Waals surface area contributed by atoms with E-state index >= 15 is 0 Å². The maximum atomic E-state index is 13.0. The van der Waals surface area contributed by atoms with E-state index < -0.39 is 0 Å². The van der Waals surface area contributed by atoms with Crippen LogP contribution in [0.2, 0.25) is 0 Å². The zero-order valence-electron chi connectivity index (χ0n) is 15.9. The minimum Gasteiger partial charge on any atom is -0.335 e. The van der Waals surface area contributed by atoms with Crippen molar-refractivity contribution in [2.45, 2.75) is 0 Å². The molecule has 0 aromatic heterocycles. The lowest BCUT2D eigenvalue weighted by Gasteiger charge is -2.35. The first-order valence-corrected chi connectivity index (χ1v) is 9.61. The second kappa shape index (κ2) is 8.27. The number of carbonyl (C=O) groups excluding carboxylic acids is 2. The van der Waals surface area contributed by atoms with Crippen LogP contribution >= 0.6 is 0 Å². The van der Waals surface area contributed by atoms with E-state index in [1.165, 1.54) is 24.3 Å². The van der Waals surface area contributed by atoms with E-state index in [-0.39, 0.29) is 17.6 Å². The van der Waals surface area contributed by atoms with E-state index in [1.54, 1.807) is 9.80 Å². The molecule has 1 aliphatic rings. The number of piperazine rings is 1. The van der Waals surface area contributed by atoms with Gasteiger partial charge in [-0.3, -0.25) is 9.59 Å². The smallest absolute Gasteiger partial charge is 0.253 e. The van der Waals surface area contributed by atoms with E-state index in [0.29, 0.717) is 37.3 Å². The highest BCUT2D eigenvalue weighted by Gasteiger charge is 2.25. The summed E-state index contributed by atoms with van der Waals surface area (Å²) in [6.45, 7) is 1.88. The van der Waals surface area contributed by atoms with E-state index in [1.807, 2.05) is 54.6 Å². The highest BCUT2D eigenvalue weighted by Crippen LogP contribution is 2.20. The molecule has 1 saturated heterocycles. The van der Waals surface area contributed by atoms with E-state index in [9.17, 15) is 14.0 Å². The summed E-state index contributed by atoms with van der Waals surface area (Å²) in [6.07, 6.45) is 0. The van der Waals surface area contributed by atoms with Crippen LogP contribution in [0.25, 0.3) is 11.1 Å². The average molecular weight is 388 g/mol. The van der Waals surface area contributed by atoms with Gasteiger partial charge in [-0.1, -0.05) is 42.5 Å². The highest BCUT2D eigenvalue weighted by molar-refractivity contribution is 5.96. The minimum absolute atomic E-state index is 0.0292. The van der Waals surface area contributed by atoms with Gasteiger partial charge in [0.2, 0.25) is 0 Å². The van der Waals surface area contributed by atoms with Gasteiger partial charge in [0.15, 0.2) is 0 Å². The zero-order valence-corrected chi connectivity index (χ0v) is 15.9. The molecule has 1 heterocycles. The summed E-state index contributed by atoms with van der Waals surface area (Å²) in [5.41, 5.74) is 3.28. The molecule has 0 bridgehead atoms. The molecule has 0 spiro atoms. The Labute approximate surface area is 169 Å². The molecule has 1 fully saturated rings. The number of nitrogens with zero attached hydrogens (tertiary/aromatic N) is 2.